The molecule has 2 aromatic heterocycles. The minimum Gasteiger partial charge on any atom is -0.481 e. The van der Waals surface area contributed by atoms with E-state index < -0.39 is 0 Å². The third-order valence-electron chi connectivity index (χ3n) is 5.91. The molecule has 30 heavy (non-hydrogen) atoms. The number of aromatic nitrogens is 4. The molecule has 0 aromatic carbocycles. The van der Waals surface area contributed by atoms with Crippen molar-refractivity contribution in [2.75, 3.05) is 40.5 Å². The lowest BCUT2D eigenvalue weighted by Crippen LogP contribution is -2.41. The van der Waals surface area contributed by atoms with Crippen molar-refractivity contribution in [3.8, 4) is 5.88 Å². The lowest BCUT2D eigenvalue weighted by molar-refractivity contribution is -0.139. The van der Waals surface area contributed by atoms with Crippen LogP contribution in [0.4, 0.5) is 0 Å². The number of hydrogen-bond donors (Lipinski definition) is 0. The zero-order valence-electron chi connectivity index (χ0n) is 17.8. The number of carbonyl (C=O) groups excluding carboxylic acids is 1. The molecule has 4 heterocycles. The van der Waals surface area contributed by atoms with Crippen LogP contribution in [0.25, 0.3) is 0 Å². The molecule has 9 nitrogen and oxygen atoms in total. The van der Waals surface area contributed by atoms with Gasteiger partial charge in [0.25, 0.3) is 0 Å². The quantitative estimate of drug-likeness (QED) is 0.707. The van der Waals surface area contributed by atoms with E-state index in [4.69, 9.17) is 9.47 Å². The lowest BCUT2D eigenvalue weighted by Gasteiger charge is -2.35. The second kappa shape index (κ2) is 9.53. The van der Waals surface area contributed by atoms with E-state index in [0.717, 1.165) is 75.7 Å². The van der Waals surface area contributed by atoms with Crippen molar-refractivity contribution in [1.29, 1.82) is 0 Å². The topological polar surface area (TPSA) is 85.6 Å². The molecule has 1 atom stereocenters. The molecule has 2 aliphatic heterocycles. The maximum Gasteiger partial charge on any atom is 0.249 e. The van der Waals surface area contributed by atoms with Gasteiger partial charge in [0.15, 0.2) is 5.82 Å². The van der Waals surface area contributed by atoms with Crippen LogP contribution in [-0.4, -0.2) is 75.9 Å². The smallest absolute Gasteiger partial charge is 0.249 e. The summed E-state index contributed by atoms with van der Waals surface area (Å²) in [7, 11) is 3.20. The fourth-order valence-corrected chi connectivity index (χ4v) is 4.39. The predicted molar refractivity (Wildman–Crippen MR) is 110 cm³/mol. The molecule has 9 heteroatoms. The van der Waals surface area contributed by atoms with Gasteiger partial charge in [-0.3, -0.25) is 9.69 Å². The van der Waals surface area contributed by atoms with Crippen molar-refractivity contribution >= 4 is 5.91 Å². The molecule has 1 unspecified atom stereocenters. The van der Waals surface area contributed by atoms with E-state index in [1.807, 2.05) is 23.1 Å². The number of methoxy groups -OCH3 is 2. The van der Waals surface area contributed by atoms with Gasteiger partial charge in [-0.1, -0.05) is 6.07 Å². The van der Waals surface area contributed by atoms with E-state index in [0.29, 0.717) is 5.88 Å². The predicted octanol–water partition coefficient (Wildman–Crippen LogP) is 1.44. The van der Waals surface area contributed by atoms with E-state index in [9.17, 15) is 4.79 Å². The van der Waals surface area contributed by atoms with Crippen LogP contribution in [0.3, 0.4) is 0 Å². The first kappa shape index (κ1) is 20.7. The molecule has 1 fully saturated rings. The average molecular weight is 415 g/mol. The Morgan fingerprint density at radius 2 is 2.03 bits per heavy atom. The van der Waals surface area contributed by atoms with Crippen LogP contribution in [0, 0.1) is 0 Å². The maximum absolute atomic E-state index is 12.6. The second-order valence-corrected chi connectivity index (χ2v) is 7.86. The molecular formula is C21H30N6O3. The molecule has 1 saturated heterocycles. The molecule has 0 aliphatic carbocycles. The Labute approximate surface area is 177 Å². The first-order chi connectivity index (χ1) is 14.7. The summed E-state index contributed by atoms with van der Waals surface area (Å²) >= 11 is 0. The summed E-state index contributed by atoms with van der Waals surface area (Å²) in [6, 6.07) is 5.84. The Balaban J connectivity index is 1.47. The molecule has 0 N–H and O–H groups in total. The van der Waals surface area contributed by atoms with Crippen molar-refractivity contribution in [2.24, 2.45) is 0 Å². The normalized spacial score (nSPS) is 19.9. The van der Waals surface area contributed by atoms with Crippen LogP contribution in [0.1, 0.15) is 42.6 Å². The molecule has 0 saturated carbocycles. The third-order valence-corrected chi connectivity index (χ3v) is 5.91. The summed E-state index contributed by atoms with van der Waals surface area (Å²) in [6.07, 6.45) is 3.87. The fraction of sp³-hybridized carbons (Fsp3) is 0.619. The van der Waals surface area contributed by atoms with E-state index in [1.165, 1.54) is 0 Å². The number of ether oxygens (including phenoxy) is 2. The van der Waals surface area contributed by atoms with E-state index in [1.54, 1.807) is 14.2 Å². The zero-order valence-corrected chi connectivity index (χ0v) is 17.8. The Hall–Kier alpha value is -2.52. The number of carbonyl (C=O) groups is 1. The molecule has 162 valence electrons. The molecule has 0 bridgehead atoms. The highest BCUT2D eigenvalue weighted by Crippen LogP contribution is 2.31. The minimum atomic E-state index is -0.0192. The first-order valence-corrected chi connectivity index (χ1v) is 10.6. The highest BCUT2D eigenvalue weighted by atomic mass is 16.5. The number of likely N-dealkylation sites (tertiary alicyclic amines) is 1. The third kappa shape index (κ3) is 4.46. The Kier molecular flexibility index (Phi) is 6.59. The highest BCUT2D eigenvalue weighted by Gasteiger charge is 2.33. The number of pyridine rings is 1. The lowest BCUT2D eigenvalue weighted by atomic mass is 10.0. The van der Waals surface area contributed by atoms with E-state index in [-0.39, 0.29) is 18.6 Å². The highest BCUT2D eigenvalue weighted by molar-refractivity contribution is 5.78. The number of hydrogen-bond acceptors (Lipinski definition) is 7. The van der Waals surface area contributed by atoms with E-state index >= 15 is 0 Å². The fourth-order valence-electron chi connectivity index (χ4n) is 4.39. The van der Waals surface area contributed by atoms with Crippen molar-refractivity contribution in [3.05, 3.63) is 35.5 Å². The van der Waals surface area contributed by atoms with Crippen molar-refractivity contribution < 1.29 is 14.3 Å². The SMILES string of the molecule is COCC(=O)N1CCCCC1c1nnc2n1CCN(Cc1cccc(OC)n1)CC2. The molecule has 0 radical (unpaired) electrons. The zero-order chi connectivity index (χ0) is 20.9. The van der Waals surface area contributed by atoms with Crippen LogP contribution >= 0.6 is 0 Å². The molecule has 0 spiro atoms. The van der Waals surface area contributed by atoms with Crippen molar-refractivity contribution in [2.45, 2.75) is 44.8 Å². The molecule has 1 amide bonds. The van der Waals surface area contributed by atoms with Crippen LogP contribution < -0.4 is 4.74 Å². The van der Waals surface area contributed by atoms with Gasteiger partial charge in [0.2, 0.25) is 11.8 Å². The number of nitrogens with zero attached hydrogens (tertiary/aromatic N) is 6. The van der Waals surface area contributed by atoms with Crippen LogP contribution in [0.2, 0.25) is 0 Å². The number of amides is 1. The van der Waals surface area contributed by atoms with Gasteiger partial charge in [0, 0.05) is 52.3 Å². The van der Waals surface area contributed by atoms with Gasteiger partial charge in [0.05, 0.1) is 18.8 Å². The molecule has 2 aromatic rings. The van der Waals surface area contributed by atoms with Gasteiger partial charge < -0.3 is 18.9 Å². The van der Waals surface area contributed by atoms with Crippen LogP contribution in [-0.2, 0) is 29.0 Å². The standard InChI is InChI=1S/C21H30N6O3/c1-29-15-20(28)26-10-4-3-7-17(26)21-24-23-18-9-11-25(12-13-27(18)21)14-16-6-5-8-19(22-16)30-2/h5-6,8,17H,3-4,7,9-15H2,1-2H3. The van der Waals surface area contributed by atoms with Gasteiger partial charge in [-0.25, -0.2) is 4.98 Å². The number of piperidine rings is 1. The summed E-state index contributed by atoms with van der Waals surface area (Å²) in [5.74, 6) is 2.57. The van der Waals surface area contributed by atoms with Gasteiger partial charge >= 0.3 is 0 Å². The number of fused-ring (bicyclic) bond motifs is 1. The number of rotatable bonds is 6. The first-order valence-electron chi connectivity index (χ1n) is 10.6. The summed E-state index contributed by atoms with van der Waals surface area (Å²) in [5, 5.41) is 9.00. The summed E-state index contributed by atoms with van der Waals surface area (Å²) in [5.41, 5.74) is 0.996. The van der Waals surface area contributed by atoms with Gasteiger partial charge in [0.1, 0.15) is 12.4 Å². The molecule has 2 aliphatic rings. The van der Waals surface area contributed by atoms with Gasteiger partial charge in [-0.05, 0) is 25.3 Å². The average Bonchev–Trinajstić information content (AvgIpc) is 3.08. The Morgan fingerprint density at radius 3 is 2.87 bits per heavy atom. The summed E-state index contributed by atoms with van der Waals surface area (Å²) in [4.78, 5) is 21.4. The van der Waals surface area contributed by atoms with Crippen molar-refractivity contribution in [3.63, 3.8) is 0 Å². The van der Waals surface area contributed by atoms with Crippen LogP contribution in [0.5, 0.6) is 5.88 Å². The van der Waals surface area contributed by atoms with Crippen LogP contribution in [0.15, 0.2) is 18.2 Å². The largest absolute Gasteiger partial charge is 0.481 e. The van der Waals surface area contributed by atoms with Crippen molar-refractivity contribution in [1.82, 2.24) is 29.5 Å². The maximum atomic E-state index is 12.6. The van der Waals surface area contributed by atoms with E-state index in [2.05, 4.69) is 24.6 Å². The Morgan fingerprint density at radius 1 is 1.13 bits per heavy atom. The molecule has 4 rings (SSSR count). The molecular weight excluding hydrogens is 384 g/mol. The van der Waals surface area contributed by atoms with Gasteiger partial charge in [-0.15, -0.1) is 10.2 Å². The van der Waals surface area contributed by atoms with Gasteiger partial charge in [-0.2, -0.15) is 0 Å². The minimum absolute atomic E-state index is 0.0192. The summed E-state index contributed by atoms with van der Waals surface area (Å²) in [6.45, 7) is 4.22. The summed E-state index contributed by atoms with van der Waals surface area (Å²) < 4.78 is 12.6. The Bertz CT molecular complexity index is 870. The monoisotopic (exact) mass is 414 g/mol. The second-order valence-electron chi connectivity index (χ2n) is 7.86.